The average Bonchev–Trinajstić information content (AvgIpc) is 2.89. The molecular weight excluding hydrogens is 253 g/mol. The van der Waals surface area contributed by atoms with E-state index in [-0.39, 0.29) is 11.4 Å². The van der Waals surface area contributed by atoms with Crippen LogP contribution in [0.4, 0.5) is 4.39 Å². The fraction of sp³-hybridized carbons (Fsp3) is 0.562. The molecule has 2 rings (SSSR count). The molecule has 0 aromatic heterocycles. The van der Waals surface area contributed by atoms with Crippen LogP contribution in [0.1, 0.15) is 36.8 Å². The van der Waals surface area contributed by atoms with Crippen molar-refractivity contribution in [1.29, 1.82) is 5.26 Å². The molecule has 1 aromatic rings. The Morgan fingerprint density at radius 1 is 1.35 bits per heavy atom. The Morgan fingerprint density at radius 3 is 2.65 bits per heavy atom. The van der Waals surface area contributed by atoms with Crippen molar-refractivity contribution in [1.82, 2.24) is 10.2 Å². The molecule has 1 N–H and O–H groups in total. The highest BCUT2D eigenvalue weighted by molar-refractivity contribution is 5.37. The summed E-state index contributed by atoms with van der Waals surface area (Å²) >= 11 is 0. The number of nitrogens with zero attached hydrogens (tertiary/aromatic N) is 2. The highest BCUT2D eigenvalue weighted by atomic mass is 19.1. The van der Waals surface area contributed by atoms with E-state index < -0.39 is 0 Å². The van der Waals surface area contributed by atoms with Crippen molar-refractivity contribution in [3.05, 3.63) is 35.1 Å². The van der Waals surface area contributed by atoms with Gasteiger partial charge in [-0.3, -0.25) is 0 Å². The Morgan fingerprint density at radius 2 is 2.05 bits per heavy atom. The second kappa shape index (κ2) is 6.34. The molecule has 4 heteroatoms. The van der Waals surface area contributed by atoms with Crippen LogP contribution in [-0.2, 0) is 6.54 Å². The largest absolute Gasteiger partial charge is 0.311 e. The van der Waals surface area contributed by atoms with E-state index in [0.29, 0.717) is 12.1 Å². The summed E-state index contributed by atoms with van der Waals surface area (Å²) in [5, 5.41) is 12.5. The maximum Gasteiger partial charge on any atom is 0.123 e. The van der Waals surface area contributed by atoms with Crippen molar-refractivity contribution in [3.63, 3.8) is 0 Å². The first-order valence-corrected chi connectivity index (χ1v) is 7.14. The number of nitriles is 1. The van der Waals surface area contributed by atoms with Gasteiger partial charge in [-0.2, -0.15) is 5.26 Å². The van der Waals surface area contributed by atoms with E-state index in [4.69, 9.17) is 5.26 Å². The first-order chi connectivity index (χ1) is 9.57. The molecule has 0 spiro atoms. The maximum absolute atomic E-state index is 13.3. The SMILES string of the molecule is CN(C)C1(CNCc2cc(F)ccc2C#N)CCCC1. The molecule has 0 heterocycles. The number of likely N-dealkylation sites (N-methyl/N-ethyl adjacent to an activating group) is 1. The molecule has 0 unspecified atom stereocenters. The summed E-state index contributed by atoms with van der Waals surface area (Å²) in [5.74, 6) is -0.288. The molecule has 0 saturated heterocycles. The highest BCUT2D eigenvalue weighted by Gasteiger charge is 2.35. The van der Waals surface area contributed by atoms with Crippen molar-refractivity contribution in [2.45, 2.75) is 37.8 Å². The van der Waals surface area contributed by atoms with Gasteiger partial charge in [-0.1, -0.05) is 12.8 Å². The van der Waals surface area contributed by atoms with Gasteiger partial charge in [0.1, 0.15) is 5.82 Å². The van der Waals surface area contributed by atoms with Crippen LogP contribution in [0.25, 0.3) is 0 Å². The number of rotatable bonds is 5. The number of benzene rings is 1. The topological polar surface area (TPSA) is 39.1 Å². The Kier molecular flexibility index (Phi) is 4.74. The van der Waals surface area contributed by atoms with E-state index in [1.165, 1.54) is 37.8 Å². The monoisotopic (exact) mass is 275 g/mol. The molecule has 1 aromatic carbocycles. The standard InChI is InChI=1S/C16H22FN3/c1-20(2)16(7-3-4-8-16)12-19-11-14-9-15(17)6-5-13(14)10-18/h5-6,9,19H,3-4,7-8,11-12H2,1-2H3. The van der Waals surface area contributed by atoms with Gasteiger partial charge in [0.15, 0.2) is 0 Å². The molecule has 0 radical (unpaired) electrons. The van der Waals surface area contributed by atoms with Crippen LogP contribution in [0, 0.1) is 17.1 Å². The van der Waals surface area contributed by atoms with Crippen molar-refractivity contribution < 1.29 is 4.39 Å². The average molecular weight is 275 g/mol. The lowest BCUT2D eigenvalue weighted by atomic mass is 9.96. The fourth-order valence-corrected chi connectivity index (χ4v) is 3.06. The van der Waals surface area contributed by atoms with Gasteiger partial charge in [0.05, 0.1) is 11.6 Å². The van der Waals surface area contributed by atoms with E-state index in [9.17, 15) is 4.39 Å². The fourth-order valence-electron chi connectivity index (χ4n) is 3.06. The third kappa shape index (κ3) is 3.17. The van der Waals surface area contributed by atoms with Gasteiger partial charge in [-0.25, -0.2) is 4.39 Å². The molecule has 0 amide bonds. The van der Waals surface area contributed by atoms with Crippen LogP contribution in [-0.4, -0.2) is 31.1 Å². The van der Waals surface area contributed by atoms with Gasteiger partial charge in [-0.05, 0) is 50.7 Å². The Bertz CT molecular complexity index is 499. The maximum atomic E-state index is 13.3. The second-order valence-corrected chi connectivity index (χ2v) is 5.84. The van der Waals surface area contributed by atoms with E-state index >= 15 is 0 Å². The predicted molar refractivity (Wildman–Crippen MR) is 77.7 cm³/mol. The third-order valence-electron chi connectivity index (χ3n) is 4.44. The van der Waals surface area contributed by atoms with Crippen LogP contribution in [0.15, 0.2) is 18.2 Å². The number of hydrogen-bond acceptors (Lipinski definition) is 3. The van der Waals surface area contributed by atoms with Gasteiger partial charge in [-0.15, -0.1) is 0 Å². The first-order valence-electron chi connectivity index (χ1n) is 7.14. The van der Waals surface area contributed by atoms with E-state index in [0.717, 1.165) is 12.1 Å². The van der Waals surface area contributed by atoms with Crippen LogP contribution in [0.3, 0.4) is 0 Å². The van der Waals surface area contributed by atoms with E-state index in [1.807, 2.05) is 0 Å². The molecule has 1 fully saturated rings. The van der Waals surface area contributed by atoms with Crippen molar-refractivity contribution in [3.8, 4) is 6.07 Å². The number of halogens is 1. The summed E-state index contributed by atoms with van der Waals surface area (Å²) in [6, 6.07) is 6.44. The summed E-state index contributed by atoms with van der Waals surface area (Å²) in [7, 11) is 4.24. The van der Waals surface area contributed by atoms with Crippen molar-refractivity contribution in [2.75, 3.05) is 20.6 Å². The minimum absolute atomic E-state index is 0.208. The Hall–Kier alpha value is -1.44. The minimum atomic E-state index is -0.288. The third-order valence-corrected chi connectivity index (χ3v) is 4.44. The zero-order valence-electron chi connectivity index (χ0n) is 12.2. The molecule has 0 bridgehead atoms. The molecule has 1 saturated carbocycles. The van der Waals surface area contributed by atoms with Gasteiger partial charge < -0.3 is 10.2 Å². The lowest BCUT2D eigenvalue weighted by molar-refractivity contribution is 0.153. The molecule has 1 aliphatic rings. The quantitative estimate of drug-likeness (QED) is 0.898. The Labute approximate surface area is 120 Å². The minimum Gasteiger partial charge on any atom is -0.311 e. The summed E-state index contributed by atoms with van der Waals surface area (Å²) in [5.41, 5.74) is 1.49. The summed E-state index contributed by atoms with van der Waals surface area (Å²) in [6.07, 6.45) is 4.93. The molecule has 3 nitrogen and oxygen atoms in total. The lowest BCUT2D eigenvalue weighted by Crippen LogP contribution is -2.49. The number of hydrogen-bond donors (Lipinski definition) is 1. The predicted octanol–water partition coefficient (Wildman–Crippen LogP) is 2.66. The van der Waals surface area contributed by atoms with E-state index in [2.05, 4.69) is 30.4 Å². The Balaban J connectivity index is 1.99. The zero-order chi connectivity index (χ0) is 14.6. The van der Waals surface area contributed by atoms with Crippen LogP contribution >= 0.6 is 0 Å². The lowest BCUT2D eigenvalue weighted by Gasteiger charge is -2.36. The number of nitrogens with one attached hydrogen (secondary N) is 1. The van der Waals surface area contributed by atoms with Crippen molar-refractivity contribution >= 4 is 0 Å². The first kappa shape index (κ1) is 15.0. The summed E-state index contributed by atoms with van der Waals surface area (Å²) < 4.78 is 13.3. The van der Waals surface area contributed by atoms with Gasteiger partial charge >= 0.3 is 0 Å². The summed E-state index contributed by atoms with van der Waals surface area (Å²) in [6.45, 7) is 1.41. The normalized spacial score (nSPS) is 17.4. The highest BCUT2D eigenvalue weighted by Crippen LogP contribution is 2.33. The molecule has 108 valence electrons. The second-order valence-electron chi connectivity index (χ2n) is 5.84. The van der Waals surface area contributed by atoms with Gasteiger partial charge in [0, 0.05) is 18.6 Å². The molecule has 0 atom stereocenters. The van der Waals surface area contributed by atoms with Crippen LogP contribution in [0.2, 0.25) is 0 Å². The summed E-state index contributed by atoms with van der Waals surface area (Å²) in [4.78, 5) is 2.30. The van der Waals surface area contributed by atoms with Gasteiger partial charge in [0.25, 0.3) is 0 Å². The van der Waals surface area contributed by atoms with Crippen LogP contribution < -0.4 is 5.32 Å². The van der Waals surface area contributed by atoms with Crippen molar-refractivity contribution in [2.24, 2.45) is 0 Å². The van der Waals surface area contributed by atoms with E-state index in [1.54, 1.807) is 6.07 Å². The molecule has 1 aliphatic carbocycles. The van der Waals surface area contributed by atoms with Crippen LogP contribution in [0.5, 0.6) is 0 Å². The smallest absolute Gasteiger partial charge is 0.123 e. The molecular formula is C16H22FN3. The van der Waals surface area contributed by atoms with Gasteiger partial charge in [0.2, 0.25) is 0 Å². The molecule has 20 heavy (non-hydrogen) atoms. The molecule has 0 aliphatic heterocycles. The zero-order valence-corrected chi connectivity index (χ0v) is 12.2.